The van der Waals surface area contributed by atoms with Crippen molar-refractivity contribution in [1.82, 2.24) is 10.2 Å². The van der Waals surface area contributed by atoms with Crippen LogP contribution in [-0.2, 0) is 4.79 Å². The average Bonchev–Trinajstić information content (AvgIpc) is 2.55. The molecule has 6 heteroatoms. The first-order valence-corrected chi connectivity index (χ1v) is 8.96. The number of carbonyl (C=O) groups excluding carboxylic acids is 1. The number of nitrogens with one attached hydrogen (secondary N) is 1. The predicted octanol–water partition coefficient (Wildman–Crippen LogP) is 3.35. The topological polar surface area (TPSA) is 32.3 Å². The van der Waals surface area contributed by atoms with Gasteiger partial charge in [0.15, 0.2) is 0 Å². The summed E-state index contributed by atoms with van der Waals surface area (Å²) >= 11 is 0. The Morgan fingerprint density at radius 3 is 2.30 bits per heavy atom. The Bertz CT molecular complexity index is 422. The highest BCUT2D eigenvalue weighted by molar-refractivity contribution is 5.79. The largest absolute Gasteiger partial charge is 0.391 e. The van der Waals surface area contributed by atoms with Crippen LogP contribution in [0.2, 0.25) is 0 Å². The van der Waals surface area contributed by atoms with E-state index < -0.39 is 18.0 Å². The van der Waals surface area contributed by atoms with Crippen molar-refractivity contribution in [3.05, 3.63) is 0 Å². The summed E-state index contributed by atoms with van der Waals surface area (Å²) in [6, 6.07) is 0. The van der Waals surface area contributed by atoms with Gasteiger partial charge in [0.2, 0.25) is 5.91 Å². The maximum atomic E-state index is 12.9. The van der Waals surface area contributed by atoms with Crippen molar-refractivity contribution in [3.63, 3.8) is 0 Å². The number of hydrogen-bond acceptors (Lipinski definition) is 2. The fourth-order valence-electron chi connectivity index (χ4n) is 4.63. The molecule has 3 nitrogen and oxygen atoms in total. The van der Waals surface area contributed by atoms with Gasteiger partial charge in [-0.1, -0.05) is 6.42 Å². The van der Waals surface area contributed by atoms with Gasteiger partial charge in [-0.15, -0.1) is 0 Å². The summed E-state index contributed by atoms with van der Waals surface area (Å²) < 4.78 is 38.8. The van der Waals surface area contributed by atoms with Crippen LogP contribution in [-0.4, -0.2) is 43.2 Å². The Labute approximate surface area is 136 Å². The lowest BCUT2D eigenvalue weighted by Crippen LogP contribution is -2.49. The van der Waals surface area contributed by atoms with E-state index in [4.69, 9.17) is 0 Å². The van der Waals surface area contributed by atoms with Crippen molar-refractivity contribution in [2.75, 3.05) is 26.2 Å². The van der Waals surface area contributed by atoms with E-state index in [1.165, 1.54) is 0 Å². The number of piperidine rings is 2. The second-order valence-electron chi connectivity index (χ2n) is 7.68. The molecular weight excluding hydrogens is 305 g/mol. The van der Waals surface area contributed by atoms with Crippen LogP contribution in [0.25, 0.3) is 0 Å². The number of hydrogen-bond donors (Lipinski definition) is 1. The van der Waals surface area contributed by atoms with E-state index in [0.29, 0.717) is 18.3 Å². The Balaban J connectivity index is 1.54. The number of alkyl halides is 3. The highest BCUT2D eigenvalue weighted by atomic mass is 19.4. The Hall–Kier alpha value is -0.780. The van der Waals surface area contributed by atoms with Gasteiger partial charge in [-0.2, -0.15) is 13.2 Å². The molecule has 3 fully saturated rings. The number of amides is 1. The van der Waals surface area contributed by atoms with E-state index in [9.17, 15) is 18.0 Å². The van der Waals surface area contributed by atoms with Gasteiger partial charge in [0.1, 0.15) is 0 Å². The number of halogens is 3. The van der Waals surface area contributed by atoms with Crippen LogP contribution in [0.15, 0.2) is 0 Å². The van der Waals surface area contributed by atoms with Crippen molar-refractivity contribution < 1.29 is 18.0 Å². The lowest BCUT2D eigenvalue weighted by molar-refractivity contribution is -0.187. The molecule has 1 amide bonds. The maximum absolute atomic E-state index is 12.9. The minimum absolute atomic E-state index is 0.00606. The van der Waals surface area contributed by atoms with E-state index >= 15 is 0 Å². The molecule has 3 aliphatic rings. The van der Waals surface area contributed by atoms with Crippen molar-refractivity contribution in [2.45, 2.75) is 57.5 Å². The van der Waals surface area contributed by atoms with Gasteiger partial charge < -0.3 is 10.2 Å². The molecule has 1 saturated carbocycles. The molecule has 2 atom stereocenters. The quantitative estimate of drug-likeness (QED) is 0.799. The molecule has 0 aromatic heterocycles. The summed E-state index contributed by atoms with van der Waals surface area (Å²) in [6.07, 6.45) is 1.51. The molecule has 2 unspecified atom stereocenters. The van der Waals surface area contributed by atoms with Gasteiger partial charge in [0, 0.05) is 19.0 Å². The van der Waals surface area contributed by atoms with Crippen molar-refractivity contribution in [3.8, 4) is 0 Å². The zero-order valence-electron chi connectivity index (χ0n) is 13.6. The third-order valence-corrected chi connectivity index (χ3v) is 6.29. The summed E-state index contributed by atoms with van der Waals surface area (Å²) in [5.41, 5.74) is 0.364. The first kappa shape index (κ1) is 17.1. The summed E-state index contributed by atoms with van der Waals surface area (Å²) in [5, 5.41) is 3.37. The van der Waals surface area contributed by atoms with Crippen molar-refractivity contribution >= 4 is 5.91 Å². The van der Waals surface area contributed by atoms with Crippen LogP contribution in [0.1, 0.15) is 51.4 Å². The van der Waals surface area contributed by atoms with Crippen LogP contribution in [0.4, 0.5) is 13.2 Å². The Kier molecular flexibility index (Phi) is 4.90. The zero-order valence-corrected chi connectivity index (χ0v) is 13.6. The number of rotatable bonds is 1. The van der Waals surface area contributed by atoms with Gasteiger partial charge >= 0.3 is 6.18 Å². The van der Waals surface area contributed by atoms with Crippen molar-refractivity contribution in [1.29, 1.82) is 0 Å². The molecule has 0 aromatic carbocycles. The SMILES string of the molecule is O=C(C1CCCC(C(F)(F)F)C1)N1CCC2(CCNCC2)CC1. The van der Waals surface area contributed by atoms with E-state index in [-0.39, 0.29) is 18.7 Å². The fourth-order valence-corrected chi connectivity index (χ4v) is 4.63. The average molecular weight is 332 g/mol. The standard InChI is InChI=1S/C17H27F3N2O/c18-17(19,20)14-3-1-2-13(12-14)15(23)22-10-6-16(7-11-22)4-8-21-9-5-16/h13-14,21H,1-12H2. The minimum Gasteiger partial charge on any atom is -0.342 e. The van der Waals surface area contributed by atoms with Gasteiger partial charge in [-0.05, 0) is 63.5 Å². The molecule has 3 rings (SSSR count). The zero-order chi connectivity index (χ0) is 16.5. The van der Waals surface area contributed by atoms with E-state index in [1.54, 1.807) is 0 Å². The molecule has 132 valence electrons. The summed E-state index contributed by atoms with van der Waals surface area (Å²) in [5.74, 6) is -1.73. The second-order valence-corrected chi connectivity index (χ2v) is 7.68. The Morgan fingerprint density at radius 2 is 1.70 bits per heavy atom. The Morgan fingerprint density at radius 1 is 1.04 bits per heavy atom. The molecular formula is C17H27F3N2O. The molecule has 0 bridgehead atoms. The molecule has 1 aliphatic carbocycles. The number of carbonyl (C=O) groups is 1. The molecule has 23 heavy (non-hydrogen) atoms. The lowest BCUT2D eigenvalue weighted by atomic mass is 9.71. The summed E-state index contributed by atoms with van der Waals surface area (Å²) in [4.78, 5) is 14.5. The van der Waals surface area contributed by atoms with Crippen molar-refractivity contribution in [2.24, 2.45) is 17.3 Å². The summed E-state index contributed by atoms with van der Waals surface area (Å²) in [7, 11) is 0. The molecule has 0 aromatic rings. The normalized spacial score (nSPS) is 32.0. The summed E-state index contributed by atoms with van der Waals surface area (Å²) in [6.45, 7) is 3.55. The van der Waals surface area contributed by atoms with E-state index in [0.717, 1.165) is 51.9 Å². The number of nitrogens with zero attached hydrogens (tertiary/aromatic N) is 1. The third kappa shape index (κ3) is 3.83. The molecule has 2 heterocycles. The third-order valence-electron chi connectivity index (χ3n) is 6.29. The molecule has 2 aliphatic heterocycles. The fraction of sp³-hybridized carbons (Fsp3) is 0.941. The maximum Gasteiger partial charge on any atom is 0.391 e. The first-order valence-electron chi connectivity index (χ1n) is 8.96. The van der Waals surface area contributed by atoms with Gasteiger partial charge in [-0.25, -0.2) is 0 Å². The van der Waals surface area contributed by atoms with E-state index in [2.05, 4.69) is 5.32 Å². The smallest absolute Gasteiger partial charge is 0.342 e. The lowest BCUT2D eigenvalue weighted by Gasteiger charge is -2.45. The van der Waals surface area contributed by atoms with Crippen LogP contribution >= 0.6 is 0 Å². The van der Waals surface area contributed by atoms with Crippen LogP contribution in [0.5, 0.6) is 0 Å². The monoisotopic (exact) mass is 332 g/mol. The van der Waals surface area contributed by atoms with Crippen LogP contribution in [0.3, 0.4) is 0 Å². The second kappa shape index (κ2) is 6.61. The molecule has 0 radical (unpaired) electrons. The van der Waals surface area contributed by atoms with Crippen LogP contribution in [0, 0.1) is 17.3 Å². The van der Waals surface area contributed by atoms with Crippen LogP contribution < -0.4 is 5.32 Å². The van der Waals surface area contributed by atoms with Gasteiger partial charge in [0.05, 0.1) is 5.92 Å². The molecule has 2 saturated heterocycles. The highest BCUT2D eigenvalue weighted by Crippen LogP contribution is 2.42. The van der Waals surface area contributed by atoms with E-state index in [1.807, 2.05) is 4.90 Å². The molecule has 1 spiro atoms. The highest BCUT2D eigenvalue weighted by Gasteiger charge is 2.45. The number of likely N-dealkylation sites (tertiary alicyclic amines) is 1. The van der Waals surface area contributed by atoms with Gasteiger partial charge in [0.25, 0.3) is 0 Å². The minimum atomic E-state index is -4.15. The molecule has 1 N–H and O–H groups in total. The van der Waals surface area contributed by atoms with Gasteiger partial charge in [-0.3, -0.25) is 4.79 Å². The first-order chi connectivity index (χ1) is 10.9. The predicted molar refractivity (Wildman–Crippen MR) is 81.9 cm³/mol.